The van der Waals surface area contributed by atoms with Crippen LogP contribution in [-0.4, -0.2) is 54.1 Å². The van der Waals surface area contributed by atoms with Gasteiger partial charge in [-0.05, 0) is 105 Å². The van der Waals surface area contributed by atoms with Crippen LogP contribution in [0.2, 0.25) is 0 Å². The Hall–Kier alpha value is -2.15. The zero-order chi connectivity index (χ0) is 29.1. The molecule has 0 aromatic heterocycles. The SMILES string of the molecule is C=CCCCC(C)(NCC(=O)C(C)(CCCC=C)NCC(=O)C(CCCC=C)(CCCC=C)NC)C(C)=O. The maximum atomic E-state index is 13.7. The van der Waals surface area contributed by atoms with Gasteiger partial charge in [-0.25, -0.2) is 0 Å². The topological polar surface area (TPSA) is 87.3 Å². The molecule has 2 atom stereocenters. The van der Waals surface area contributed by atoms with Gasteiger partial charge in [0.2, 0.25) is 0 Å². The Balaban J connectivity index is 5.68. The lowest BCUT2D eigenvalue weighted by Crippen LogP contribution is -2.60. The molecule has 6 nitrogen and oxygen atoms in total. The summed E-state index contributed by atoms with van der Waals surface area (Å²) in [4.78, 5) is 39.7. The quantitative estimate of drug-likeness (QED) is 0.0971. The van der Waals surface area contributed by atoms with Crippen molar-refractivity contribution in [3.8, 4) is 0 Å². The molecule has 0 aliphatic heterocycles. The van der Waals surface area contributed by atoms with Crippen LogP contribution in [0.1, 0.15) is 97.8 Å². The molecule has 0 bridgehead atoms. The van der Waals surface area contributed by atoms with Crippen molar-refractivity contribution in [3.63, 3.8) is 0 Å². The van der Waals surface area contributed by atoms with E-state index < -0.39 is 16.6 Å². The molecule has 38 heavy (non-hydrogen) atoms. The highest BCUT2D eigenvalue weighted by Gasteiger charge is 2.39. The molecule has 0 heterocycles. The third-order valence-corrected chi connectivity index (χ3v) is 7.88. The van der Waals surface area contributed by atoms with E-state index in [0.717, 1.165) is 51.4 Å². The molecule has 0 rings (SSSR count). The van der Waals surface area contributed by atoms with Gasteiger partial charge < -0.3 is 5.32 Å². The van der Waals surface area contributed by atoms with Gasteiger partial charge >= 0.3 is 0 Å². The molecule has 3 N–H and O–H groups in total. The van der Waals surface area contributed by atoms with E-state index in [2.05, 4.69) is 42.3 Å². The minimum absolute atomic E-state index is 0.00344. The van der Waals surface area contributed by atoms with E-state index in [9.17, 15) is 14.4 Å². The highest BCUT2D eigenvalue weighted by molar-refractivity contribution is 5.94. The fourth-order valence-corrected chi connectivity index (χ4v) is 4.72. The Morgan fingerprint density at radius 3 is 1.39 bits per heavy atom. The number of nitrogens with one attached hydrogen (secondary N) is 3. The number of rotatable bonds is 26. The molecule has 0 spiro atoms. The molecule has 0 aliphatic rings. The molecule has 0 saturated heterocycles. The monoisotopic (exact) mass is 529 g/mol. The highest BCUT2D eigenvalue weighted by Crippen LogP contribution is 2.24. The first-order chi connectivity index (χ1) is 18.0. The zero-order valence-electron chi connectivity index (χ0n) is 24.8. The first-order valence-electron chi connectivity index (χ1n) is 14.2. The Morgan fingerprint density at radius 2 is 1.00 bits per heavy atom. The second-order valence-electron chi connectivity index (χ2n) is 10.8. The standard InChI is InChI=1S/C32H55N3O3/c1-9-13-17-21-30(6,27(5)36)34-25-28(37)31(7,22-18-14-10-2)35-26-29(38)32(33-8,23-19-15-11-3)24-20-16-12-4/h9-12,33-35H,1-4,13-26H2,5-8H3. The maximum Gasteiger partial charge on any atom is 0.166 e. The average molecular weight is 530 g/mol. The molecular weight excluding hydrogens is 474 g/mol. The molecule has 0 aromatic rings. The minimum Gasteiger partial charge on any atom is -0.308 e. The van der Waals surface area contributed by atoms with Crippen molar-refractivity contribution in [3.05, 3.63) is 50.6 Å². The zero-order valence-corrected chi connectivity index (χ0v) is 24.8. The summed E-state index contributed by atoms with van der Waals surface area (Å²) in [6.45, 7) is 20.6. The number of carbonyl (C=O) groups is 3. The van der Waals surface area contributed by atoms with Crippen LogP contribution in [0.4, 0.5) is 0 Å². The van der Waals surface area contributed by atoms with Crippen LogP contribution in [0.25, 0.3) is 0 Å². The third kappa shape index (κ3) is 12.1. The normalized spacial score (nSPS) is 14.6. The summed E-state index contributed by atoms with van der Waals surface area (Å²) < 4.78 is 0. The van der Waals surface area contributed by atoms with E-state index >= 15 is 0 Å². The molecule has 2 unspecified atom stereocenters. The lowest BCUT2D eigenvalue weighted by Gasteiger charge is -2.36. The van der Waals surface area contributed by atoms with Gasteiger partial charge in [-0.15, -0.1) is 26.3 Å². The summed E-state index contributed by atoms with van der Waals surface area (Å²) in [5, 5.41) is 9.90. The Bertz CT molecular complexity index is 777. The highest BCUT2D eigenvalue weighted by atomic mass is 16.1. The number of allylic oxidation sites excluding steroid dienone is 4. The number of unbranched alkanes of at least 4 members (excludes halogenated alkanes) is 4. The second kappa shape index (κ2) is 19.0. The van der Waals surface area contributed by atoms with E-state index in [-0.39, 0.29) is 30.4 Å². The van der Waals surface area contributed by atoms with Gasteiger partial charge in [0, 0.05) is 0 Å². The van der Waals surface area contributed by atoms with Gasteiger partial charge in [0.05, 0.1) is 29.7 Å². The van der Waals surface area contributed by atoms with Gasteiger partial charge in [-0.2, -0.15) is 0 Å². The predicted molar refractivity (Wildman–Crippen MR) is 161 cm³/mol. The fraction of sp³-hybridized carbons (Fsp3) is 0.656. The van der Waals surface area contributed by atoms with Crippen LogP contribution in [-0.2, 0) is 14.4 Å². The molecule has 0 amide bonds. The predicted octanol–water partition coefficient (Wildman–Crippen LogP) is 5.79. The van der Waals surface area contributed by atoms with Gasteiger partial charge in [-0.3, -0.25) is 25.0 Å². The second-order valence-corrected chi connectivity index (χ2v) is 10.8. The lowest BCUT2D eigenvalue weighted by atomic mass is 9.82. The number of ketones is 3. The fourth-order valence-electron chi connectivity index (χ4n) is 4.72. The molecule has 216 valence electrons. The van der Waals surface area contributed by atoms with Crippen LogP contribution in [0.3, 0.4) is 0 Å². The Labute approximate surface area is 232 Å². The van der Waals surface area contributed by atoms with Crippen LogP contribution in [0.5, 0.6) is 0 Å². The molecule has 0 radical (unpaired) electrons. The number of hydrogen-bond donors (Lipinski definition) is 3. The molecule has 0 aliphatic carbocycles. The first-order valence-corrected chi connectivity index (χ1v) is 14.2. The maximum absolute atomic E-state index is 13.7. The third-order valence-electron chi connectivity index (χ3n) is 7.88. The van der Waals surface area contributed by atoms with Crippen LogP contribution in [0.15, 0.2) is 50.6 Å². The van der Waals surface area contributed by atoms with Crippen LogP contribution < -0.4 is 16.0 Å². The number of hydrogen-bond acceptors (Lipinski definition) is 6. The van der Waals surface area contributed by atoms with E-state index in [1.54, 1.807) is 6.92 Å². The van der Waals surface area contributed by atoms with Gasteiger partial charge in [0.15, 0.2) is 11.6 Å². The summed E-state index contributed by atoms with van der Waals surface area (Å²) in [6.07, 6.45) is 16.6. The Morgan fingerprint density at radius 1 is 0.632 bits per heavy atom. The number of carbonyl (C=O) groups excluding carboxylic acids is 3. The smallest absolute Gasteiger partial charge is 0.166 e. The van der Waals surface area contributed by atoms with Crippen molar-refractivity contribution in [2.75, 3.05) is 20.1 Å². The van der Waals surface area contributed by atoms with Crippen molar-refractivity contribution in [2.45, 2.75) is 114 Å². The summed E-state index contributed by atoms with van der Waals surface area (Å²) in [7, 11) is 1.84. The number of Topliss-reactive ketones (excluding diaryl/α,β-unsaturated/α-hetero) is 3. The molecule has 0 saturated carbocycles. The first kappa shape index (κ1) is 35.9. The van der Waals surface area contributed by atoms with Gasteiger partial charge in [-0.1, -0.05) is 24.3 Å². The summed E-state index contributed by atoms with van der Waals surface area (Å²) in [5.74, 6) is 0.00414. The van der Waals surface area contributed by atoms with E-state index in [1.165, 1.54) is 0 Å². The average Bonchev–Trinajstić information content (AvgIpc) is 2.89. The Kier molecular flexibility index (Phi) is 17.9. The molecule has 6 heteroatoms. The summed E-state index contributed by atoms with van der Waals surface area (Å²) >= 11 is 0. The van der Waals surface area contributed by atoms with Crippen LogP contribution in [0, 0.1) is 0 Å². The summed E-state index contributed by atoms with van der Waals surface area (Å²) in [5.41, 5.74) is -2.36. The molecule has 0 aromatic carbocycles. The van der Waals surface area contributed by atoms with E-state index in [4.69, 9.17) is 0 Å². The van der Waals surface area contributed by atoms with Crippen molar-refractivity contribution >= 4 is 17.3 Å². The van der Waals surface area contributed by atoms with E-state index in [0.29, 0.717) is 25.7 Å². The van der Waals surface area contributed by atoms with Crippen molar-refractivity contribution in [1.82, 2.24) is 16.0 Å². The lowest BCUT2D eigenvalue weighted by molar-refractivity contribution is -0.128. The van der Waals surface area contributed by atoms with Gasteiger partial charge in [0.1, 0.15) is 5.78 Å². The van der Waals surface area contributed by atoms with Crippen molar-refractivity contribution in [1.29, 1.82) is 0 Å². The molecular formula is C32H55N3O3. The van der Waals surface area contributed by atoms with Crippen molar-refractivity contribution in [2.24, 2.45) is 0 Å². The van der Waals surface area contributed by atoms with E-state index in [1.807, 2.05) is 45.2 Å². The largest absolute Gasteiger partial charge is 0.308 e. The van der Waals surface area contributed by atoms with Crippen LogP contribution >= 0.6 is 0 Å². The number of likely N-dealkylation sites (N-methyl/N-ethyl adjacent to an activating group) is 1. The van der Waals surface area contributed by atoms with Gasteiger partial charge in [0.25, 0.3) is 0 Å². The van der Waals surface area contributed by atoms with Crippen molar-refractivity contribution < 1.29 is 14.4 Å². The summed E-state index contributed by atoms with van der Waals surface area (Å²) in [6, 6.07) is 0. The molecule has 0 fully saturated rings. The minimum atomic E-state index is -0.911.